The van der Waals surface area contributed by atoms with Gasteiger partial charge in [-0.25, -0.2) is 9.13 Å². The van der Waals surface area contributed by atoms with Crippen LogP contribution in [-0.2, 0) is 21.1 Å². The predicted molar refractivity (Wildman–Crippen MR) is 186 cm³/mol. The van der Waals surface area contributed by atoms with Gasteiger partial charge in [0.05, 0.1) is 23.6 Å². The molecule has 2 unspecified atom stereocenters. The van der Waals surface area contributed by atoms with E-state index in [1.165, 1.54) is 11.1 Å². The van der Waals surface area contributed by atoms with Crippen LogP contribution in [0.5, 0.6) is 11.5 Å². The largest absolute Gasteiger partial charge is 2.00 e. The summed E-state index contributed by atoms with van der Waals surface area (Å²) in [6.45, 7) is 6.74. The molecule has 4 aromatic carbocycles. The van der Waals surface area contributed by atoms with E-state index in [2.05, 4.69) is 137 Å². The Kier molecular flexibility index (Phi) is 7.04. The Morgan fingerprint density at radius 1 is 0.830 bits per heavy atom. The molecule has 7 heteroatoms. The fourth-order valence-electron chi connectivity index (χ4n) is 7.57. The number of nitrogens with zero attached hydrogens (tertiary/aromatic N) is 4. The van der Waals surface area contributed by atoms with E-state index in [4.69, 9.17) is 12.6 Å². The Morgan fingerprint density at radius 3 is 2.47 bits per heavy atom. The number of rotatable bonds is 1. The summed E-state index contributed by atoms with van der Waals surface area (Å²) in [6.07, 6.45) is 8.96. The van der Waals surface area contributed by atoms with E-state index >= 15 is 0 Å². The first-order chi connectivity index (χ1) is 22.4. The molecule has 0 spiro atoms. The quantitative estimate of drug-likeness (QED) is 0.0964. The van der Waals surface area contributed by atoms with Crippen LogP contribution in [0.25, 0.3) is 33.8 Å². The molecule has 2 atom stereocenters. The molecule has 4 heterocycles. The van der Waals surface area contributed by atoms with Crippen molar-refractivity contribution in [1.29, 1.82) is 0 Å². The summed E-state index contributed by atoms with van der Waals surface area (Å²) >= 11 is 0. The maximum atomic E-state index is 6.53. The third-order valence-corrected chi connectivity index (χ3v) is 9.32. The normalized spacial score (nSPS) is 18.1. The number of hydrogen-bond acceptors (Lipinski definition) is 3. The summed E-state index contributed by atoms with van der Waals surface area (Å²) in [5, 5.41) is 2.23. The molecule has 2 radical (unpaired) electrons. The molecular weight excluding hydrogens is 758 g/mol. The molecule has 5 nitrogen and oxygen atoms in total. The molecule has 0 amide bonds. The van der Waals surface area contributed by atoms with E-state index < -0.39 is 0 Å². The minimum Gasteiger partial charge on any atom is -0.509 e. The van der Waals surface area contributed by atoms with Crippen molar-refractivity contribution in [2.45, 2.75) is 26.8 Å². The molecular formula is C40H30BN4OPt+. The number of ether oxygens (including phenoxy) is 1. The maximum absolute atomic E-state index is 6.53. The standard InChI is InChI=1S/C40H30BN4O.Pt/c1-25-19-26(2)40(27(3)20-25)45-36-14-7-6-13-35(36)43-29-9-8-10-30(22-29)46-31-15-16-33-32-11-4-5-12-34(32)44(37(33)23-31)38-21-28(41)17-18-42(38)24-39(43)45;/h4-21,24,26,40H,1-3H3;/q-1;+2. The molecule has 2 aromatic heterocycles. The van der Waals surface area contributed by atoms with E-state index in [1.807, 2.05) is 30.3 Å². The van der Waals surface area contributed by atoms with Crippen LogP contribution in [0.4, 0.5) is 17.1 Å². The van der Waals surface area contributed by atoms with E-state index in [-0.39, 0.29) is 33.0 Å². The van der Waals surface area contributed by atoms with Crippen molar-refractivity contribution in [2.75, 3.05) is 9.80 Å². The number of pyridine rings is 1. The van der Waals surface area contributed by atoms with Crippen molar-refractivity contribution in [1.82, 2.24) is 4.57 Å². The molecule has 0 fully saturated rings. The first-order valence-electron chi connectivity index (χ1n) is 15.7. The van der Waals surface area contributed by atoms with Gasteiger partial charge in [-0.1, -0.05) is 77.6 Å². The third kappa shape index (κ3) is 4.61. The Labute approximate surface area is 290 Å². The second-order valence-corrected chi connectivity index (χ2v) is 12.4. The fourth-order valence-corrected chi connectivity index (χ4v) is 7.57. The Bertz CT molecular complexity index is 2340. The fraction of sp³-hybridized carbons (Fsp3) is 0.125. The van der Waals surface area contributed by atoms with Gasteiger partial charge in [-0.05, 0) is 55.0 Å². The van der Waals surface area contributed by atoms with Crippen molar-refractivity contribution < 1.29 is 30.4 Å². The molecule has 47 heavy (non-hydrogen) atoms. The number of anilines is 3. The van der Waals surface area contributed by atoms with Crippen molar-refractivity contribution >= 4 is 58.4 Å². The van der Waals surface area contributed by atoms with Gasteiger partial charge in [0.2, 0.25) is 0 Å². The Morgan fingerprint density at radius 2 is 1.62 bits per heavy atom. The second kappa shape index (κ2) is 11.2. The number of benzene rings is 4. The smallest absolute Gasteiger partial charge is 0.509 e. The van der Waals surface area contributed by atoms with Crippen molar-refractivity contribution in [3.63, 3.8) is 0 Å². The van der Waals surface area contributed by atoms with Gasteiger partial charge in [0.1, 0.15) is 19.6 Å². The van der Waals surface area contributed by atoms with Crippen LogP contribution in [0.2, 0.25) is 0 Å². The molecule has 0 N–H and O–H groups in total. The molecule has 9 rings (SSSR count). The molecule has 2 aliphatic heterocycles. The van der Waals surface area contributed by atoms with Crippen molar-refractivity contribution in [3.05, 3.63) is 138 Å². The van der Waals surface area contributed by atoms with Crippen LogP contribution in [0.15, 0.2) is 126 Å². The molecule has 0 saturated carbocycles. The van der Waals surface area contributed by atoms with Gasteiger partial charge < -0.3 is 14.5 Å². The molecule has 1 aliphatic carbocycles. The number of allylic oxidation sites excluding steroid dienone is 2. The number of fused-ring (bicyclic) bond motifs is 12. The van der Waals surface area contributed by atoms with Gasteiger partial charge in [0.25, 0.3) is 5.82 Å². The van der Waals surface area contributed by atoms with Gasteiger partial charge in [0.15, 0.2) is 5.82 Å². The van der Waals surface area contributed by atoms with E-state index in [9.17, 15) is 0 Å². The topological polar surface area (TPSA) is 24.5 Å². The maximum Gasteiger partial charge on any atom is 2.00 e. The first kappa shape index (κ1) is 29.6. The van der Waals surface area contributed by atoms with Crippen LogP contribution < -0.4 is 24.6 Å². The van der Waals surface area contributed by atoms with Crippen molar-refractivity contribution in [3.8, 4) is 17.3 Å². The van der Waals surface area contributed by atoms with Gasteiger partial charge >= 0.3 is 21.1 Å². The van der Waals surface area contributed by atoms with Crippen molar-refractivity contribution in [2.24, 2.45) is 5.92 Å². The number of para-hydroxylation sites is 3. The van der Waals surface area contributed by atoms with Crippen LogP contribution in [0.3, 0.4) is 0 Å². The Balaban J connectivity index is 0.00000324. The monoisotopic (exact) mass is 788 g/mol. The summed E-state index contributed by atoms with van der Waals surface area (Å²) in [6, 6.07) is 38.5. The zero-order chi connectivity index (χ0) is 31.1. The molecule has 6 aromatic rings. The summed E-state index contributed by atoms with van der Waals surface area (Å²) in [5.41, 5.74) is 8.38. The predicted octanol–water partition coefficient (Wildman–Crippen LogP) is 7.89. The van der Waals surface area contributed by atoms with Gasteiger partial charge in [0, 0.05) is 23.1 Å². The van der Waals surface area contributed by atoms with E-state index in [1.54, 1.807) is 0 Å². The van der Waals surface area contributed by atoms with Crippen LogP contribution >= 0.6 is 0 Å². The van der Waals surface area contributed by atoms with Gasteiger partial charge in [-0.3, -0.25) is 0 Å². The van der Waals surface area contributed by atoms with Crippen LogP contribution in [-0.4, -0.2) is 18.5 Å². The average molecular weight is 789 g/mol. The van der Waals surface area contributed by atoms with E-state index in [0.717, 1.165) is 50.5 Å². The van der Waals surface area contributed by atoms with E-state index in [0.29, 0.717) is 17.0 Å². The molecule has 3 aliphatic rings. The molecule has 4 bridgehead atoms. The van der Waals surface area contributed by atoms with Gasteiger partial charge in [-0.2, -0.15) is 12.1 Å². The number of aromatic nitrogens is 2. The number of hydrogen-bond donors (Lipinski definition) is 0. The minimum atomic E-state index is 0. The summed E-state index contributed by atoms with van der Waals surface area (Å²) < 4.78 is 10.9. The average Bonchev–Trinajstić information content (AvgIpc) is 3.53. The summed E-state index contributed by atoms with van der Waals surface area (Å²) in [4.78, 5) is 4.78. The molecule has 0 saturated heterocycles. The molecule has 228 valence electrons. The third-order valence-electron chi connectivity index (χ3n) is 9.32. The Hall–Kier alpha value is -4.80. The zero-order valence-electron chi connectivity index (χ0n) is 26.2. The summed E-state index contributed by atoms with van der Waals surface area (Å²) in [7, 11) is 6.53. The van der Waals surface area contributed by atoms with Crippen LogP contribution in [0, 0.1) is 18.1 Å². The zero-order valence-corrected chi connectivity index (χ0v) is 28.5. The SMILES string of the molecule is [B]c1cc[n+]2c(c1)-n1c3[c-]c(ccc3c3ccccc31)Oc1[c-]c(ccc1)N1C(=C2)N(C2C(C)=CC(C)=CC2C)c2ccccc21.[Pt+2]. The van der Waals surface area contributed by atoms with Crippen LogP contribution in [0.1, 0.15) is 20.8 Å². The second-order valence-electron chi connectivity index (χ2n) is 12.4. The van der Waals surface area contributed by atoms with Gasteiger partial charge in [-0.15, -0.1) is 24.3 Å². The minimum absolute atomic E-state index is 0. The first-order valence-corrected chi connectivity index (χ1v) is 15.7. The summed E-state index contributed by atoms with van der Waals surface area (Å²) in [5.74, 6) is 3.43.